The lowest BCUT2D eigenvalue weighted by Crippen LogP contribution is -1.96. The molecule has 4 rings (SSSR count). The van der Waals surface area contributed by atoms with Gasteiger partial charge in [-0.2, -0.15) is 0 Å². The predicted octanol–water partition coefficient (Wildman–Crippen LogP) is 4.44. The summed E-state index contributed by atoms with van der Waals surface area (Å²) in [6.45, 7) is 0. The molecule has 0 aliphatic rings. The van der Waals surface area contributed by atoms with Crippen molar-refractivity contribution in [2.24, 2.45) is 0 Å². The van der Waals surface area contributed by atoms with Gasteiger partial charge in [0.05, 0.1) is 11.4 Å². The van der Waals surface area contributed by atoms with Gasteiger partial charge in [-0.05, 0) is 41.6 Å². The zero-order valence-corrected chi connectivity index (χ0v) is 15.2. The van der Waals surface area contributed by atoms with Crippen molar-refractivity contribution in [2.75, 3.05) is 0 Å². The minimum absolute atomic E-state index is 0.662. The summed E-state index contributed by atoms with van der Waals surface area (Å²) in [5.74, 6) is 0. The number of rotatable bonds is 4. The first-order valence-electron chi connectivity index (χ1n) is 7.85. The normalized spacial score (nSPS) is 10.7. The van der Waals surface area contributed by atoms with Crippen LogP contribution in [0.4, 0.5) is 0 Å². The van der Waals surface area contributed by atoms with Gasteiger partial charge in [0, 0.05) is 16.7 Å². The maximum atomic E-state index is 4.67. The summed E-state index contributed by atoms with van der Waals surface area (Å²) in [5, 5.41) is 13.9. The Morgan fingerprint density at radius 1 is 0.731 bits per heavy atom. The second kappa shape index (κ2) is 7.63. The first-order valence-corrected chi connectivity index (χ1v) is 9.11. The quantitative estimate of drug-likeness (QED) is 0.532. The fourth-order valence-electron chi connectivity index (χ4n) is 2.38. The molecule has 4 aromatic rings. The zero-order chi connectivity index (χ0) is 17.8. The largest absolute Gasteiger partial charge is 0.250 e. The minimum Gasteiger partial charge on any atom is -0.250 e. The summed E-state index contributed by atoms with van der Waals surface area (Å²) in [6, 6.07) is 21.2. The molecule has 7 heteroatoms. The van der Waals surface area contributed by atoms with Crippen LogP contribution in [0.1, 0.15) is 0 Å². The number of nitrogens with zero attached hydrogens (tertiary/aromatic N) is 5. The molecule has 3 aromatic heterocycles. The van der Waals surface area contributed by atoms with Gasteiger partial charge in [0.25, 0.3) is 0 Å². The number of aromatic nitrogens is 5. The lowest BCUT2D eigenvalue weighted by atomic mass is 10.1. The molecule has 0 amide bonds. The summed E-state index contributed by atoms with van der Waals surface area (Å²) in [6.07, 6.45) is 1.77. The lowest BCUT2D eigenvalue weighted by Gasteiger charge is -2.06. The third-order valence-corrected chi connectivity index (χ3v) is 4.87. The molecule has 0 radical (unpaired) electrons. The molecule has 1 aromatic carbocycles. The minimum atomic E-state index is 0.662. The Hall–Kier alpha value is -2.77. The van der Waals surface area contributed by atoms with Gasteiger partial charge in [0.2, 0.25) is 0 Å². The van der Waals surface area contributed by atoms with Gasteiger partial charge in [-0.3, -0.25) is 0 Å². The molecule has 26 heavy (non-hydrogen) atoms. The van der Waals surface area contributed by atoms with Crippen molar-refractivity contribution in [3.05, 3.63) is 72.9 Å². The van der Waals surface area contributed by atoms with E-state index in [0.29, 0.717) is 11.4 Å². The van der Waals surface area contributed by atoms with E-state index in [1.807, 2.05) is 66.7 Å². The fourth-order valence-corrected chi connectivity index (χ4v) is 3.42. The van der Waals surface area contributed by atoms with Gasteiger partial charge in [0.15, 0.2) is 0 Å². The molecule has 0 saturated heterocycles. The van der Waals surface area contributed by atoms with Crippen LogP contribution in [0.15, 0.2) is 87.9 Å². The number of hydrogen-bond acceptors (Lipinski definition) is 7. The van der Waals surface area contributed by atoms with Gasteiger partial charge in [-0.25, -0.2) is 9.97 Å². The summed E-state index contributed by atoms with van der Waals surface area (Å²) in [7, 11) is 0. The molecule has 0 N–H and O–H groups in total. The zero-order valence-electron chi connectivity index (χ0n) is 13.5. The Balaban J connectivity index is 1.67. The van der Waals surface area contributed by atoms with Crippen molar-refractivity contribution >= 4 is 24.4 Å². The van der Waals surface area contributed by atoms with Gasteiger partial charge in [-0.1, -0.05) is 42.1 Å². The Morgan fingerprint density at radius 3 is 2.38 bits per heavy atom. The van der Waals surface area contributed by atoms with Crippen molar-refractivity contribution in [3.8, 4) is 22.6 Å². The summed E-state index contributed by atoms with van der Waals surface area (Å²) in [4.78, 5) is 9.82. The smallest absolute Gasteiger partial charge is 0.115 e. The Bertz CT molecular complexity index is 1040. The summed E-state index contributed by atoms with van der Waals surface area (Å²) in [5.41, 5.74) is 3.02. The lowest BCUT2D eigenvalue weighted by molar-refractivity contribution is 0.870. The van der Waals surface area contributed by atoms with E-state index in [0.717, 1.165) is 26.2 Å². The number of pyridine rings is 2. The standard InChI is InChI=1S/C19H13N5S2/c25-17-8-2-1-6-13(17)15-12-16(23-24-22-15)14-7-5-10-19(21-14)26-18-9-3-4-11-20-18/h1-12,25H. The molecule has 126 valence electrons. The van der Waals surface area contributed by atoms with Gasteiger partial charge in [-0.15, -0.1) is 22.8 Å². The summed E-state index contributed by atoms with van der Waals surface area (Å²) >= 11 is 5.99. The van der Waals surface area contributed by atoms with Crippen LogP contribution in [0.25, 0.3) is 22.6 Å². The van der Waals surface area contributed by atoms with Crippen LogP contribution in [0.3, 0.4) is 0 Å². The monoisotopic (exact) mass is 375 g/mol. The molecular weight excluding hydrogens is 362 g/mol. The molecule has 0 saturated carbocycles. The molecule has 0 aliphatic carbocycles. The van der Waals surface area contributed by atoms with E-state index in [4.69, 9.17) is 0 Å². The number of benzene rings is 1. The van der Waals surface area contributed by atoms with Crippen LogP contribution >= 0.6 is 24.4 Å². The van der Waals surface area contributed by atoms with Crippen molar-refractivity contribution in [1.82, 2.24) is 25.4 Å². The van der Waals surface area contributed by atoms with E-state index in [9.17, 15) is 0 Å². The average Bonchev–Trinajstić information content (AvgIpc) is 2.69. The highest BCUT2D eigenvalue weighted by Gasteiger charge is 2.10. The van der Waals surface area contributed by atoms with Crippen LogP contribution < -0.4 is 0 Å². The van der Waals surface area contributed by atoms with Crippen LogP contribution in [-0.2, 0) is 0 Å². The molecule has 0 atom stereocenters. The first kappa shape index (κ1) is 16.7. The van der Waals surface area contributed by atoms with Crippen molar-refractivity contribution < 1.29 is 0 Å². The number of thiol groups is 1. The maximum absolute atomic E-state index is 4.67. The van der Waals surface area contributed by atoms with Crippen LogP contribution in [-0.4, -0.2) is 25.4 Å². The highest BCUT2D eigenvalue weighted by molar-refractivity contribution is 7.99. The third kappa shape index (κ3) is 3.74. The van der Waals surface area contributed by atoms with Crippen LogP contribution in [0, 0.1) is 0 Å². The van der Waals surface area contributed by atoms with E-state index in [1.165, 1.54) is 11.8 Å². The van der Waals surface area contributed by atoms with E-state index in [1.54, 1.807) is 6.20 Å². The first-order chi connectivity index (χ1) is 12.8. The molecule has 0 unspecified atom stereocenters. The molecule has 0 fully saturated rings. The fraction of sp³-hybridized carbons (Fsp3) is 0. The average molecular weight is 375 g/mol. The van der Waals surface area contributed by atoms with Crippen molar-refractivity contribution in [1.29, 1.82) is 0 Å². The Labute approximate surface area is 160 Å². The van der Waals surface area contributed by atoms with E-state index < -0.39 is 0 Å². The van der Waals surface area contributed by atoms with Crippen LogP contribution in [0.5, 0.6) is 0 Å². The maximum Gasteiger partial charge on any atom is 0.115 e. The third-order valence-electron chi connectivity index (χ3n) is 3.59. The highest BCUT2D eigenvalue weighted by Crippen LogP contribution is 2.28. The number of hydrogen-bond donors (Lipinski definition) is 1. The Kier molecular flexibility index (Phi) is 4.90. The molecule has 0 bridgehead atoms. The van der Waals surface area contributed by atoms with Gasteiger partial charge in [0.1, 0.15) is 15.7 Å². The van der Waals surface area contributed by atoms with Crippen molar-refractivity contribution in [2.45, 2.75) is 14.9 Å². The van der Waals surface area contributed by atoms with E-state index in [2.05, 4.69) is 38.0 Å². The van der Waals surface area contributed by atoms with Gasteiger partial charge >= 0.3 is 0 Å². The topological polar surface area (TPSA) is 64.5 Å². The SMILES string of the molecule is Sc1ccccc1-c1cc(-c2cccc(Sc3ccccn3)n2)nnn1. The molecule has 5 nitrogen and oxygen atoms in total. The van der Waals surface area contributed by atoms with E-state index >= 15 is 0 Å². The van der Waals surface area contributed by atoms with Crippen LogP contribution in [0.2, 0.25) is 0 Å². The molecule has 0 spiro atoms. The molecule has 0 aliphatic heterocycles. The van der Waals surface area contributed by atoms with Gasteiger partial charge < -0.3 is 0 Å². The van der Waals surface area contributed by atoms with E-state index in [-0.39, 0.29) is 0 Å². The molecule has 3 heterocycles. The highest BCUT2D eigenvalue weighted by atomic mass is 32.2. The van der Waals surface area contributed by atoms with Crippen molar-refractivity contribution in [3.63, 3.8) is 0 Å². The predicted molar refractivity (Wildman–Crippen MR) is 104 cm³/mol. The second-order valence-electron chi connectivity index (χ2n) is 5.35. The Morgan fingerprint density at radius 2 is 1.54 bits per heavy atom. The summed E-state index contributed by atoms with van der Waals surface area (Å²) < 4.78 is 0. The molecular formula is C19H13N5S2. The second-order valence-corrected chi connectivity index (χ2v) is 6.87.